The monoisotopic (exact) mass is 210 g/mol. The van der Waals surface area contributed by atoms with Crippen LogP contribution in [-0.4, -0.2) is 48.9 Å². The van der Waals surface area contributed by atoms with Crippen LogP contribution in [0.25, 0.3) is 0 Å². The summed E-state index contributed by atoms with van der Waals surface area (Å²) in [4.78, 5) is 6.42. The van der Waals surface area contributed by atoms with E-state index in [-0.39, 0.29) is 6.10 Å². The molecule has 0 aliphatic carbocycles. The van der Waals surface area contributed by atoms with Crippen molar-refractivity contribution >= 4 is 5.95 Å². The van der Waals surface area contributed by atoms with Gasteiger partial charge in [-0.05, 0) is 0 Å². The quantitative estimate of drug-likeness (QED) is 0.753. The molecule has 1 atom stereocenters. The smallest absolute Gasteiger partial charge is 0.204 e. The molecule has 0 saturated carbocycles. The Kier molecular flexibility index (Phi) is 3.23. The van der Waals surface area contributed by atoms with Crippen LogP contribution in [0.15, 0.2) is 12.4 Å². The van der Waals surface area contributed by atoms with Crippen molar-refractivity contribution in [1.29, 1.82) is 0 Å². The molecule has 0 radical (unpaired) electrons. The van der Waals surface area contributed by atoms with Gasteiger partial charge >= 0.3 is 0 Å². The van der Waals surface area contributed by atoms with Crippen molar-refractivity contribution in [2.24, 2.45) is 7.05 Å². The van der Waals surface area contributed by atoms with E-state index in [1.165, 1.54) is 0 Å². The first-order valence-electron chi connectivity index (χ1n) is 5.28. The molecule has 2 rings (SSSR count). The summed E-state index contributed by atoms with van der Waals surface area (Å²) in [5.74, 6) is 0.976. The second kappa shape index (κ2) is 4.63. The summed E-state index contributed by atoms with van der Waals surface area (Å²) in [5, 5.41) is 3.32. The molecule has 1 saturated heterocycles. The number of nitrogens with zero attached hydrogens (tertiary/aromatic N) is 3. The van der Waals surface area contributed by atoms with E-state index in [4.69, 9.17) is 4.74 Å². The fraction of sp³-hybridized carbons (Fsp3) is 0.700. The molecule has 0 aromatic carbocycles. The molecule has 2 heterocycles. The number of morpholine rings is 1. The SMILES string of the molecule is CN(CC1CNCCO1)c1nccn1C. The second-order valence-corrected chi connectivity index (χ2v) is 3.92. The van der Waals surface area contributed by atoms with Crippen molar-refractivity contribution < 1.29 is 4.74 Å². The van der Waals surface area contributed by atoms with Gasteiger partial charge in [0.25, 0.3) is 0 Å². The minimum atomic E-state index is 0.264. The molecule has 1 unspecified atom stereocenters. The summed E-state index contributed by atoms with van der Waals surface area (Å²) in [5.41, 5.74) is 0. The van der Waals surface area contributed by atoms with Crippen molar-refractivity contribution in [1.82, 2.24) is 14.9 Å². The Morgan fingerprint density at radius 2 is 2.60 bits per heavy atom. The fourth-order valence-electron chi connectivity index (χ4n) is 1.85. The third-order valence-corrected chi connectivity index (χ3v) is 2.62. The zero-order valence-corrected chi connectivity index (χ0v) is 9.31. The van der Waals surface area contributed by atoms with Gasteiger partial charge in [-0.25, -0.2) is 4.98 Å². The Balaban J connectivity index is 1.91. The Labute approximate surface area is 90.0 Å². The normalized spacial score (nSPS) is 21.6. The highest BCUT2D eigenvalue weighted by Crippen LogP contribution is 2.09. The average Bonchev–Trinajstić information content (AvgIpc) is 2.66. The highest BCUT2D eigenvalue weighted by molar-refractivity contribution is 5.29. The summed E-state index contributed by atoms with van der Waals surface area (Å²) in [6.45, 7) is 3.56. The predicted octanol–water partition coefficient (Wildman–Crippen LogP) is -0.155. The number of rotatable bonds is 3. The van der Waals surface area contributed by atoms with Crippen molar-refractivity contribution in [3.8, 4) is 0 Å². The first-order valence-corrected chi connectivity index (χ1v) is 5.28. The Morgan fingerprint density at radius 1 is 1.73 bits per heavy atom. The molecule has 1 fully saturated rings. The van der Waals surface area contributed by atoms with Crippen molar-refractivity contribution in [2.45, 2.75) is 6.10 Å². The maximum absolute atomic E-state index is 5.65. The maximum Gasteiger partial charge on any atom is 0.204 e. The lowest BCUT2D eigenvalue weighted by atomic mass is 10.3. The van der Waals surface area contributed by atoms with E-state index in [0.29, 0.717) is 0 Å². The van der Waals surface area contributed by atoms with Crippen LogP contribution in [0.2, 0.25) is 0 Å². The molecule has 0 bridgehead atoms. The fourth-order valence-corrected chi connectivity index (χ4v) is 1.85. The lowest BCUT2D eigenvalue weighted by molar-refractivity contribution is 0.0338. The Bertz CT molecular complexity index is 306. The number of likely N-dealkylation sites (N-methyl/N-ethyl adjacent to an activating group) is 1. The van der Waals surface area contributed by atoms with Crippen LogP contribution in [0.1, 0.15) is 0 Å². The molecule has 84 valence electrons. The van der Waals surface area contributed by atoms with E-state index < -0.39 is 0 Å². The van der Waals surface area contributed by atoms with Gasteiger partial charge in [0.2, 0.25) is 5.95 Å². The van der Waals surface area contributed by atoms with E-state index in [2.05, 4.69) is 15.2 Å². The maximum atomic E-state index is 5.65. The molecule has 0 amide bonds. The van der Waals surface area contributed by atoms with Gasteiger partial charge in [0.1, 0.15) is 0 Å². The van der Waals surface area contributed by atoms with Gasteiger partial charge in [0.15, 0.2) is 0 Å². The van der Waals surface area contributed by atoms with Crippen LogP contribution in [0, 0.1) is 0 Å². The minimum Gasteiger partial charge on any atom is -0.374 e. The summed E-state index contributed by atoms with van der Waals surface area (Å²) in [6, 6.07) is 0. The van der Waals surface area contributed by atoms with Gasteiger partial charge in [0, 0.05) is 46.1 Å². The first-order chi connectivity index (χ1) is 7.27. The molecule has 1 N–H and O–H groups in total. The number of aryl methyl sites for hydroxylation is 1. The minimum absolute atomic E-state index is 0.264. The van der Waals surface area contributed by atoms with Gasteiger partial charge in [0.05, 0.1) is 12.7 Å². The van der Waals surface area contributed by atoms with Gasteiger partial charge < -0.3 is 19.5 Å². The number of nitrogens with one attached hydrogen (secondary N) is 1. The van der Waals surface area contributed by atoms with Crippen LogP contribution in [0.5, 0.6) is 0 Å². The van der Waals surface area contributed by atoms with E-state index in [1.807, 2.05) is 31.1 Å². The van der Waals surface area contributed by atoms with Crippen molar-refractivity contribution in [3.05, 3.63) is 12.4 Å². The molecule has 1 aliphatic heterocycles. The lowest BCUT2D eigenvalue weighted by Gasteiger charge is -2.28. The lowest BCUT2D eigenvalue weighted by Crippen LogP contribution is -2.44. The second-order valence-electron chi connectivity index (χ2n) is 3.92. The number of hydrogen-bond acceptors (Lipinski definition) is 4. The summed E-state index contributed by atoms with van der Waals surface area (Å²) in [6.07, 6.45) is 4.03. The van der Waals surface area contributed by atoms with E-state index >= 15 is 0 Å². The number of ether oxygens (including phenoxy) is 1. The Morgan fingerprint density at radius 3 is 3.20 bits per heavy atom. The van der Waals surface area contributed by atoms with Crippen LogP contribution in [0.3, 0.4) is 0 Å². The number of aromatic nitrogens is 2. The van der Waals surface area contributed by atoms with Gasteiger partial charge in [-0.3, -0.25) is 0 Å². The highest BCUT2D eigenvalue weighted by atomic mass is 16.5. The average molecular weight is 210 g/mol. The zero-order chi connectivity index (χ0) is 10.7. The topological polar surface area (TPSA) is 42.3 Å². The van der Waals surface area contributed by atoms with Crippen molar-refractivity contribution in [2.75, 3.05) is 38.2 Å². The van der Waals surface area contributed by atoms with Crippen LogP contribution in [-0.2, 0) is 11.8 Å². The van der Waals surface area contributed by atoms with Gasteiger partial charge in [-0.15, -0.1) is 0 Å². The standard InChI is InChI=1S/C10H18N4O/c1-13-5-3-12-10(13)14(2)8-9-7-11-4-6-15-9/h3,5,9,11H,4,6-8H2,1-2H3. The number of imidazole rings is 1. The largest absolute Gasteiger partial charge is 0.374 e. The van der Waals surface area contributed by atoms with Gasteiger partial charge in [-0.1, -0.05) is 0 Å². The summed E-state index contributed by atoms with van der Waals surface area (Å²) in [7, 11) is 4.04. The molecule has 15 heavy (non-hydrogen) atoms. The molecule has 1 aliphatic rings. The zero-order valence-electron chi connectivity index (χ0n) is 9.31. The molecule has 5 heteroatoms. The molecule has 5 nitrogen and oxygen atoms in total. The first kappa shape index (κ1) is 10.4. The van der Waals surface area contributed by atoms with Crippen LogP contribution < -0.4 is 10.2 Å². The number of hydrogen-bond donors (Lipinski definition) is 1. The molecule has 1 aromatic heterocycles. The number of anilines is 1. The molecular weight excluding hydrogens is 192 g/mol. The molecule has 0 spiro atoms. The van der Waals surface area contributed by atoms with Crippen LogP contribution in [0.4, 0.5) is 5.95 Å². The third-order valence-electron chi connectivity index (χ3n) is 2.62. The Hall–Kier alpha value is -1.07. The van der Waals surface area contributed by atoms with Gasteiger partial charge in [-0.2, -0.15) is 0 Å². The highest BCUT2D eigenvalue weighted by Gasteiger charge is 2.17. The van der Waals surface area contributed by atoms with E-state index in [1.54, 1.807) is 0 Å². The van der Waals surface area contributed by atoms with E-state index in [9.17, 15) is 0 Å². The van der Waals surface area contributed by atoms with Crippen LogP contribution >= 0.6 is 0 Å². The predicted molar refractivity (Wildman–Crippen MR) is 59.1 cm³/mol. The summed E-state index contributed by atoms with van der Waals surface area (Å²) < 4.78 is 7.66. The van der Waals surface area contributed by atoms with E-state index in [0.717, 1.165) is 32.2 Å². The molecular formula is C10H18N4O. The summed E-state index contributed by atoms with van der Waals surface area (Å²) >= 11 is 0. The molecule has 1 aromatic rings. The third kappa shape index (κ3) is 2.49. The van der Waals surface area contributed by atoms with Crippen molar-refractivity contribution in [3.63, 3.8) is 0 Å².